The van der Waals surface area contributed by atoms with Gasteiger partial charge in [-0.05, 0) is 57.4 Å². The number of ether oxygens (including phenoxy) is 2. The van der Waals surface area contributed by atoms with E-state index in [0.717, 1.165) is 88.4 Å². The molecule has 0 N–H and O–H groups in total. The van der Waals surface area contributed by atoms with Gasteiger partial charge in [0.05, 0.1) is 13.2 Å². The number of benzene rings is 2. The maximum atomic E-state index is 13.1. The maximum Gasteiger partial charge on any atom is 0.254 e. The van der Waals surface area contributed by atoms with Gasteiger partial charge in [0.1, 0.15) is 5.75 Å². The number of para-hydroxylation sites is 1. The van der Waals surface area contributed by atoms with E-state index < -0.39 is 0 Å². The normalized spacial score (nSPS) is 20.5. The summed E-state index contributed by atoms with van der Waals surface area (Å²) in [7, 11) is 2.13. The third-order valence-electron chi connectivity index (χ3n) is 7.30. The Morgan fingerprint density at radius 1 is 0.909 bits per heavy atom. The molecule has 2 aromatic carbocycles. The lowest BCUT2D eigenvalue weighted by Crippen LogP contribution is -2.45. The molecule has 178 valence electrons. The third-order valence-corrected chi connectivity index (χ3v) is 7.30. The number of rotatable bonds is 1. The predicted molar refractivity (Wildman–Crippen MR) is 132 cm³/mol. The number of fused-ring (bicyclic) bond motifs is 1. The standard InChI is InChI=1S/C28H38N2O3/c1-23-9-3-5-11-25(23)27(31)30-16-14-28(15-17-30)13-7-8-19-32-20-18-29(2)21-24-10-4-6-12-26(24)33-22-28/h3-6,9-12H,7-8,13-22H2,1-2H3. The van der Waals surface area contributed by atoms with Crippen LogP contribution in [0.3, 0.4) is 0 Å². The molecule has 33 heavy (non-hydrogen) atoms. The Morgan fingerprint density at radius 3 is 2.48 bits per heavy atom. The van der Waals surface area contributed by atoms with Crippen LogP contribution in [-0.4, -0.2) is 62.2 Å². The Labute approximate surface area is 198 Å². The Balaban J connectivity index is 1.46. The average molecular weight is 451 g/mol. The number of carbonyl (C=O) groups excluding carboxylic acids is 1. The van der Waals surface area contributed by atoms with Crippen molar-refractivity contribution in [2.24, 2.45) is 5.41 Å². The van der Waals surface area contributed by atoms with E-state index in [-0.39, 0.29) is 11.3 Å². The number of likely N-dealkylation sites (tertiary alicyclic amines) is 1. The van der Waals surface area contributed by atoms with Crippen LogP contribution in [-0.2, 0) is 11.3 Å². The SMILES string of the molecule is Cc1ccccc1C(=O)N1CCC2(CCCCOCCN(C)Cc3ccccc3OC2)CC1. The molecule has 1 spiro atoms. The van der Waals surface area contributed by atoms with Gasteiger partial charge < -0.3 is 14.4 Å². The van der Waals surface area contributed by atoms with Crippen molar-refractivity contribution in [2.75, 3.05) is 46.5 Å². The molecule has 0 radical (unpaired) electrons. The predicted octanol–water partition coefficient (Wildman–Crippen LogP) is 4.93. The van der Waals surface area contributed by atoms with Crippen LogP contribution in [0.4, 0.5) is 0 Å². The fraction of sp³-hybridized carbons (Fsp3) is 0.536. The van der Waals surface area contributed by atoms with Gasteiger partial charge in [-0.2, -0.15) is 0 Å². The van der Waals surface area contributed by atoms with Gasteiger partial charge in [-0.25, -0.2) is 0 Å². The molecule has 0 saturated carbocycles. The highest BCUT2D eigenvalue weighted by molar-refractivity contribution is 5.95. The average Bonchev–Trinajstić information content (AvgIpc) is 2.83. The van der Waals surface area contributed by atoms with Gasteiger partial charge in [0.2, 0.25) is 0 Å². The summed E-state index contributed by atoms with van der Waals surface area (Å²) in [5.41, 5.74) is 3.20. The summed E-state index contributed by atoms with van der Waals surface area (Å²) in [6, 6.07) is 16.3. The summed E-state index contributed by atoms with van der Waals surface area (Å²) in [6.07, 6.45) is 5.28. The van der Waals surface area contributed by atoms with E-state index in [4.69, 9.17) is 9.47 Å². The molecule has 5 heteroatoms. The summed E-state index contributed by atoms with van der Waals surface area (Å²) in [5, 5.41) is 0. The summed E-state index contributed by atoms with van der Waals surface area (Å²) < 4.78 is 12.4. The van der Waals surface area contributed by atoms with E-state index in [2.05, 4.69) is 36.2 Å². The highest BCUT2D eigenvalue weighted by Gasteiger charge is 2.37. The Bertz CT molecular complexity index is 921. The number of hydrogen-bond acceptors (Lipinski definition) is 4. The van der Waals surface area contributed by atoms with Crippen LogP contribution < -0.4 is 4.74 Å². The molecule has 0 bridgehead atoms. The number of likely N-dealkylation sites (N-methyl/N-ethyl adjacent to an activating group) is 1. The molecule has 1 amide bonds. The van der Waals surface area contributed by atoms with Crippen LogP contribution in [0.1, 0.15) is 53.6 Å². The molecular formula is C28H38N2O3. The fourth-order valence-corrected chi connectivity index (χ4v) is 5.04. The van der Waals surface area contributed by atoms with Crippen LogP contribution in [0.2, 0.25) is 0 Å². The largest absolute Gasteiger partial charge is 0.493 e. The van der Waals surface area contributed by atoms with Crippen LogP contribution in [0.5, 0.6) is 5.75 Å². The maximum absolute atomic E-state index is 13.1. The highest BCUT2D eigenvalue weighted by Crippen LogP contribution is 2.38. The molecule has 0 atom stereocenters. The number of amides is 1. The van der Waals surface area contributed by atoms with E-state index >= 15 is 0 Å². The van der Waals surface area contributed by atoms with Crippen molar-refractivity contribution in [1.82, 2.24) is 9.80 Å². The number of hydrogen-bond donors (Lipinski definition) is 0. The zero-order valence-corrected chi connectivity index (χ0v) is 20.2. The summed E-state index contributed by atoms with van der Waals surface area (Å²) in [5.74, 6) is 1.15. The minimum absolute atomic E-state index is 0.103. The lowest BCUT2D eigenvalue weighted by molar-refractivity contribution is 0.0333. The molecular weight excluding hydrogens is 412 g/mol. The Kier molecular flexibility index (Phi) is 8.05. The minimum atomic E-state index is 0.103. The van der Waals surface area contributed by atoms with Gasteiger partial charge in [0, 0.05) is 49.3 Å². The van der Waals surface area contributed by atoms with Gasteiger partial charge in [-0.15, -0.1) is 0 Å². The van der Waals surface area contributed by atoms with Gasteiger partial charge in [0.25, 0.3) is 5.91 Å². The van der Waals surface area contributed by atoms with E-state index in [1.165, 1.54) is 5.56 Å². The van der Waals surface area contributed by atoms with Crippen molar-refractivity contribution >= 4 is 5.91 Å². The molecule has 1 fully saturated rings. The first-order chi connectivity index (χ1) is 16.1. The highest BCUT2D eigenvalue weighted by atomic mass is 16.5. The molecule has 2 aliphatic heterocycles. The molecule has 0 unspecified atom stereocenters. The first kappa shape index (κ1) is 23.8. The minimum Gasteiger partial charge on any atom is -0.493 e. The summed E-state index contributed by atoms with van der Waals surface area (Å²) in [4.78, 5) is 17.5. The lowest BCUT2D eigenvalue weighted by atomic mass is 9.75. The van der Waals surface area contributed by atoms with Gasteiger partial charge >= 0.3 is 0 Å². The lowest BCUT2D eigenvalue weighted by Gasteiger charge is -2.42. The second kappa shape index (κ2) is 11.2. The second-order valence-electron chi connectivity index (χ2n) is 9.81. The van der Waals surface area contributed by atoms with Gasteiger partial charge in [-0.3, -0.25) is 9.69 Å². The van der Waals surface area contributed by atoms with Crippen molar-refractivity contribution in [2.45, 2.75) is 45.6 Å². The Morgan fingerprint density at radius 2 is 1.67 bits per heavy atom. The third kappa shape index (κ3) is 6.15. The topological polar surface area (TPSA) is 42.0 Å². The number of nitrogens with zero attached hydrogens (tertiary/aromatic N) is 2. The Hall–Kier alpha value is -2.37. The molecule has 2 aromatic rings. The molecule has 0 aromatic heterocycles. The van der Waals surface area contributed by atoms with Crippen molar-refractivity contribution in [1.29, 1.82) is 0 Å². The number of carbonyl (C=O) groups is 1. The quantitative estimate of drug-likeness (QED) is 0.618. The smallest absolute Gasteiger partial charge is 0.254 e. The number of piperidine rings is 1. The van der Waals surface area contributed by atoms with Crippen molar-refractivity contribution in [3.63, 3.8) is 0 Å². The van der Waals surface area contributed by atoms with Gasteiger partial charge in [0.15, 0.2) is 0 Å². The molecule has 5 nitrogen and oxygen atoms in total. The van der Waals surface area contributed by atoms with E-state index in [1.54, 1.807) is 0 Å². The molecule has 4 rings (SSSR count). The molecule has 1 saturated heterocycles. The molecule has 2 aliphatic rings. The van der Waals surface area contributed by atoms with Crippen LogP contribution in [0.15, 0.2) is 48.5 Å². The van der Waals surface area contributed by atoms with Crippen LogP contribution >= 0.6 is 0 Å². The summed E-state index contributed by atoms with van der Waals surface area (Å²) >= 11 is 0. The molecule has 2 heterocycles. The fourth-order valence-electron chi connectivity index (χ4n) is 5.04. The summed E-state index contributed by atoms with van der Waals surface area (Å²) in [6.45, 7) is 7.66. The van der Waals surface area contributed by atoms with Crippen LogP contribution in [0, 0.1) is 12.3 Å². The van der Waals surface area contributed by atoms with Crippen molar-refractivity contribution in [3.05, 3.63) is 65.2 Å². The van der Waals surface area contributed by atoms with E-state index in [1.807, 2.05) is 36.1 Å². The monoisotopic (exact) mass is 450 g/mol. The van der Waals surface area contributed by atoms with Crippen molar-refractivity contribution < 1.29 is 14.3 Å². The van der Waals surface area contributed by atoms with E-state index in [9.17, 15) is 4.79 Å². The first-order valence-corrected chi connectivity index (χ1v) is 12.4. The van der Waals surface area contributed by atoms with Crippen LogP contribution in [0.25, 0.3) is 0 Å². The van der Waals surface area contributed by atoms with Crippen molar-refractivity contribution in [3.8, 4) is 5.75 Å². The second-order valence-corrected chi connectivity index (χ2v) is 9.81. The molecule has 0 aliphatic carbocycles. The van der Waals surface area contributed by atoms with E-state index in [0.29, 0.717) is 6.61 Å². The number of aryl methyl sites for hydroxylation is 1. The first-order valence-electron chi connectivity index (χ1n) is 12.4. The van der Waals surface area contributed by atoms with Gasteiger partial charge in [-0.1, -0.05) is 42.8 Å². The zero-order chi connectivity index (χ0) is 23.1. The zero-order valence-electron chi connectivity index (χ0n) is 20.2.